The first-order valence-electron chi connectivity index (χ1n) is 7.38. The molecule has 0 radical (unpaired) electrons. The van der Waals surface area contributed by atoms with Gasteiger partial charge < -0.3 is 14.4 Å². The monoisotopic (exact) mass is 375 g/mol. The number of fused-ring (bicyclic) bond motifs is 1. The summed E-state index contributed by atoms with van der Waals surface area (Å²) in [5, 5.41) is 0. The van der Waals surface area contributed by atoms with E-state index in [1.54, 1.807) is 32.4 Å². The highest BCUT2D eigenvalue weighted by Crippen LogP contribution is 2.36. The summed E-state index contributed by atoms with van der Waals surface area (Å²) < 4.78 is 11.6. The summed E-state index contributed by atoms with van der Waals surface area (Å²) in [6, 6.07) is 11.4. The minimum absolute atomic E-state index is 0.0456. The van der Waals surface area contributed by atoms with E-state index in [1.165, 1.54) is 5.56 Å². The van der Waals surface area contributed by atoms with Crippen LogP contribution in [0.1, 0.15) is 22.8 Å². The summed E-state index contributed by atoms with van der Waals surface area (Å²) >= 11 is 3.49. The molecule has 3 rings (SSSR count). The Balaban J connectivity index is 2.01. The van der Waals surface area contributed by atoms with E-state index >= 15 is 0 Å². The molecule has 1 atom stereocenters. The van der Waals surface area contributed by atoms with Gasteiger partial charge in [0.15, 0.2) is 0 Å². The van der Waals surface area contributed by atoms with E-state index in [4.69, 9.17) is 9.47 Å². The van der Waals surface area contributed by atoms with E-state index in [0.29, 0.717) is 17.1 Å². The molecule has 1 heterocycles. The predicted octanol–water partition coefficient (Wildman–Crippen LogP) is 4.06. The summed E-state index contributed by atoms with van der Waals surface area (Å²) in [6.07, 6.45) is 0.849. The topological polar surface area (TPSA) is 38.8 Å². The third kappa shape index (κ3) is 2.93. The van der Waals surface area contributed by atoms with E-state index in [1.807, 2.05) is 17.0 Å². The highest BCUT2D eigenvalue weighted by molar-refractivity contribution is 9.10. The van der Waals surface area contributed by atoms with Crippen LogP contribution in [-0.2, 0) is 6.42 Å². The molecule has 0 saturated carbocycles. The third-order valence-corrected chi connectivity index (χ3v) is 4.57. The van der Waals surface area contributed by atoms with Crippen LogP contribution in [0, 0.1) is 0 Å². The molecule has 4 nitrogen and oxygen atoms in total. The van der Waals surface area contributed by atoms with Crippen molar-refractivity contribution < 1.29 is 14.3 Å². The maximum atomic E-state index is 13.0. The van der Waals surface area contributed by atoms with Gasteiger partial charge in [-0.05, 0) is 49.2 Å². The zero-order valence-electron chi connectivity index (χ0n) is 13.3. The number of halogens is 1. The molecule has 23 heavy (non-hydrogen) atoms. The van der Waals surface area contributed by atoms with Gasteiger partial charge in [0, 0.05) is 27.8 Å². The number of carbonyl (C=O) groups is 1. The van der Waals surface area contributed by atoms with Gasteiger partial charge in [-0.3, -0.25) is 4.79 Å². The second-order valence-electron chi connectivity index (χ2n) is 5.60. The number of ether oxygens (including phenoxy) is 2. The van der Waals surface area contributed by atoms with Gasteiger partial charge in [0.25, 0.3) is 5.91 Å². The Hall–Kier alpha value is -2.01. The number of anilines is 1. The number of methoxy groups -OCH3 is 2. The SMILES string of the molecule is COc1cc(OC)cc(C(=O)N2c3ccc(Br)cc3C[C@@H]2C)c1. The molecule has 0 aliphatic carbocycles. The highest BCUT2D eigenvalue weighted by Gasteiger charge is 2.32. The van der Waals surface area contributed by atoms with Crippen LogP contribution >= 0.6 is 15.9 Å². The standard InChI is InChI=1S/C18H18BrNO3/c1-11-6-12-7-14(19)4-5-17(12)20(11)18(21)13-8-15(22-2)10-16(9-13)23-3/h4-5,7-11H,6H2,1-3H3/t11-/m0/s1. The molecular weight excluding hydrogens is 358 g/mol. The lowest BCUT2D eigenvalue weighted by molar-refractivity contribution is 0.0981. The van der Waals surface area contributed by atoms with Gasteiger partial charge in [0.1, 0.15) is 11.5 Å². The molecule has 2 aromatic carbocycles. The van der Waals surface area contributed by atoms with Gasteiger partial charge in [-0.1, -0.05) is 15.9 Å². The number of hydrogen-bond acceptors (Lipinski definition) is 3. The van der Waals surface area contributed by atoms with E-state index in [9.17, 15) is 4.79 Å². The summed E-state index contributed by atoms with van der Waals surface area (Å²) in [6.45, 7) is 2.06. The molecule has 2 aromatic rings. The minimum atomic E-state index is -0.0456. The van der Waals surface area contributed by atoms with Crippen LogP contribution in [-0.4, -0.2) is 26.2 Å². The van der Waals surface area contributed by atoms with Gasteiger partial charge in [0.05, 0.1) is 14.2 Å². The van der Waals surface area contributed by atoms with Crippen molar-refractivity contribution >= 4 is 27.5 Å². The summed E-state index contributed by atoms with van der Waals surface area (Å²) in [5.74, 6) is 1.17. The van der Waals surface area contributed by atoms with Gasteiger partial charge in [0.2, 0.25) is 0 Å². The fraction of sp³-hybridized carbons (Fsp3) is 0.278. The van der Waals surface area contributed by atoms with Gasteiger partial charge in [-0.15, -0.1) is 0 Å². The molecular formula is C18H18BrNO3. The Morgan fingerprint density at radius 3 is 2.39 bits per heavy atom. The maximum absolute atomic E-state index is 13.0. The quantitative estimate of drug-likeness (QED) is 0.811. The normalized spacial score (nSPS) is 16.2. The van der Waals surface area contributed by atoms with Crippen LogP contribution in [0.25, 0.3) is 0 Å². The lowest BCUT2D eigenvalue weighted by atomic mass is 10.1. The number of benzene rings is 2. The lowest BCUT2D eigenvalue weighted by Crippen LogP contribution is -2.35. The smallest absolute Gasteiger partial charge is 0.258 e. The summed E-state index contributed by atoms with van der Waals surface area (Å²) in [7, 11) is 3.16. The van der Waals surface area contributed by atoms with Crippen molar-refractivity contribution in [1.29, 1.82) is 0 Å². The fourth-order valence-electron chi connectivity index (χ4n) is 2.98. The zero-order chi connectivity index (χ0) is 16.6. The van der Waals surface area contributed by atoms with E-state index in [2.05, 4.69) is 28.9 Å². The highest BCUT2D eigenvalue weighted by atomic mass is 79.9. The molecule has 0 saturated heterocycles. The molecule has 0 fully saturated rings. The molecule has 1 aliphatic heterocycles. The average Bonchev–Trinajstić information content (AvgIpc) is 2.88. The predicted molar refractivity (Wildman–Crippen MR) is 93.7 cm³/mol. The molecule has 0 unspecified atom stereocenters. The maximum Gasteiger partial charge on any atom is 0.258 e. The summed E-state index contributed by atoms with van der Waals surface area (Å²) in [4.78, 5) is 14.9. The Morgan fingerprint density at radius 1 is 1.13 bits per heavy atom. The van der Waals surface area contributed by atoms with Crippen LogP contribution in [0.4, 0.5) is 5.69 Å². The van der Waals surface area contributed by atoms with Crippen LogP contribution in [0.2, 0.25) is 0 Å². The first-order valence-corrected chi connectivity index (χ1v) is 8.18. The van der Waals surface area contributed by atoms with Crippen molar-refractivity contribution in [3.05, 3.63) is 52.0 Å². The zero-order valence-corrected chi connectivity index (χ0v) is 14.9. The number of carbonyl (C=O) groups excluding carboxylic acids is 1. The largest absolute Gasteiger partial charge is 0.497 e. The first-order chi connectivity index (χ1) is 11.0. The Labute approximate surface area is 144 Å². The van der Waals surface area contributed by atoms with Crippen molar-refractivity contribution in [2.45, 2.75) is 19.4 Å². The van der Waals surface area contributed by atoms with Crippen molar-refractivity contribution in [2.24, 2.45) is 0 Å². The molecule has 1 amide bonds. The second-order valence-corrected chi connectivity index (χ2v) is 6.52. The molecule has 120 valence electrons. The number of hydrogen-bond donors (Lipinski definition) is 0. The first kappa shape index (κ1) is 15.9. The van der Waals surface area contributed by atoms with Crippen molar-refractivity contribution in [1.82, 2.24) is 0 Å². The number of nitrogens with zero attached hydrogens (tertiary/aromatic N) is 1. The van der Waals surface area contributed by atoms with E-state index < -0.39 is 0 Å². The summed E-state index contributed by atoms with van der Waals surface area (Å²) in [5.41, 5.74) is 2.70. The van der Waals surface area contributed by atoms with Crippen molar-refractivity contribution in [3.8, 4) is 11.5 Å². The van der Waals surface area contributed by atoms with Crippen molar-refractivity contribution in [2.75, 3.05) is 19.1 Å². The van der Waals surface area contributed by atoms with Crippen LogP contribution in [0.3, 0.4) is 0 Å². The molecule has 1 aliphatic rings. The minimum Gasteiger partial charge on any atom is -0.497 e. The molecule has 5 heteroatoms. The van der Waals surface area contributed by atoms with Crippen LogP contribution in [0.5, 0.6) is 11.5 Å². The molecule has 0 bridgehead atoms. The number of rotatable bonds is 3. The Bertz CT molecular complexity index is 738. The third-order valence-electron chi connectivity index (χ3n) is 4.07. The molecule has 0 aromatic heterocycles. The Kier molecular flexibility index (Phi) is 4.31. The molecule has 0 N–H and O–H groups in total. The van der Waals surface area contributed by atoms with E-state index in [-0.39, 0.29) is 11.9 Å². The van der Waals surface area contributed by atoms with Gasteiger partial charge in [-0.2, -0.15) is 0 Å². The second kappa shape index (κ2) is 6.24. The van der Waals surface area contributed by atoms with Crippen LogP contribution in [0.15, 0.2) is 40.9 Å². The van der Waals surface area contributed by atoms with Gasteiger partial charge in [-0.25, -0.2) is 0 Å². The van der Waals surface area contributed by atoms with Crippen molar-refractivity contribution in [3.63, 3.8) is 0 Å². The lowest BCUT2D eigenvalue weighted by Gasteiger charge is -2.23. The fourth-order valence-corrected chi connectivity index (χ4v) is 3.39. The Morgan fingerprint density at radius 2 is 1.78 bits per heavy atom. The molecule has 0 spiro atoms. The van der Waals surface area contributed by atoms with E-state index in [0.717, 1.165) is 16.6 Å². The number of amides is 1. The van der Waals surface area contributed by atoms with Crippen LogP contribution < -0.4 is 14.4 Å². The average molecular weight is 376 g/mol. The van der Waals surface area contributed by atoms with Gasteiger partial charge >= 0.3 is 0 Å².